The molecule has 0 aliphatic rings. The van der Waals surface area contributed by atoms with E-state index in [2.05, 4.69) is 17.1 Å². The van der Waals surface area contributed by atoms with E-state index < -0.39 is 5.97 Å². The Balaban J connectivity index is 0.000000423. The number of unbranched alkanes of at least 4 members (excludes halogenated alkanes) is 5. The molecule has 0 amide bonds. The lowest BCUT2D eigenvalue weighted by Gasteiger charge is -2.11. The van der Waals surface area contributed by atoms with E-state index in [0.29, 0.717) is 12.2 Å². The van der Waals surface area contributed by atoms with E-state index in [1.54, 1.807) is 24.3 Å². The zero-order valence-electron chi connectivity index (χ0n) is 14.3. The monoisotopic (exact) mass is 324 g/mol. The van der Waals surface area contributed by atoms with Crippen LogP contribution in [-0.4, -0.2) is 31.8 Å². The Kier molecular flexibility index (Phi) is 12.3. The molecule has 0 spiro atoms. The highest BCUT2D eigenvalue weighted by Crippen LogP contribution is 2.11. The Morgan fingerprint density at radius 2 is 1.65 bits per heavy atom. The molecule has 0 saturated heterocycles. The molecule has 23 heavy (non-hydrogen) atoms. The number of aromatic carboxylic acids is 1. The summed E-state index contributed by atoms with van der Waals surface area (Å²) in [4.78, 5) is 26.2. The summed E-state index contributed by atoms with van der Waals surface area (Å²) < 4.78 is 0. The normalized spacial score (nSPS) is 9.52. The third-order valence-corrected chi connectivity index (χ3v) is 3.27. The molecule has 0 bridgehead atoms. The fraction of sp³-hybridized carbons (Fsp3) is 0.588. The molecule has 0 unspecified atom stereocenters. The topological polar surface area (TPSA) is 79.2 Å². The summed E-state index contributed by atoms with van der Waals surface area (Å²) in [6, 6.07) is 6.75. The van der Waals surface area contributed by atoms with Crippen LogP contribution in [0.15, 0.2) is 29.6 Å². The SMILES string of the molecule is CCCCCCCCON=O.CN(C)c1ccc(C(=O)O)cc1. The molecule has 0 saturated carbocycles. The largest absolute Gasteiger partial charge is 0.478 e. The summed E-state index contributed by atoms with van der Waals surface area (Å²) >= 11 is 0. The maximum Gasteiger partial charge on any atom is 0.335 e. The minimum absolute atomic E-state index is 0.320. The lowest BCUT2D eigenvalue weighted by atomic mass is 10.1. The Morgan fingerprint density at radius 3 is 2.13 bits per heavy atom. The molecular formula is C17H28N2O4. The van der Waals surface area contributed by atoms with Crippen molar-refractivity contribution >= 4 is 11.7 Å². The van der Waals surface area contributed by atoms with Crippen molar-refractivity contribution < 1.29 is 14.7 Å². The minimum Gasteiger partial charge on any atom is -0.478 e. The fourth-order valence-corrected chi connectivity index (χ4v) is 1.89. The Morgan fingerprint density at radius 1 is 1.09 bits per heavy atom. The molecule has 0 aliphatic carbocycles. The fourth-order valence-electron chi connectivity index (χ4n) is 1.89. The van der Waals surface area contributed by atoms with Gasteiger partial charge in [0.1, 0.15) is 6.61 Å². The molecule has 0 fully saturated rings. The summed E-state index contributed by atoms with van der Waals surface area (Å²) in [5, 5.41) is 10.9. The summed E-state index contributed by atoms with van der Waals surface area (Å²) in [6.07, 6.45) is 7.23. The summed E-state index contributed by atoms with van der Waals surface area (Å²) in [5.74, 6) is -0.889. The Hall–Kier alpha value is -2.11. The Labute approximate surface area is 138 Å². The highest BCUT2D eigenvalue weighted by atomic mass is 16.7. The predicted octanol–water partition coefficient (Wildman–Crippen LogP) is 4.50. The highest BCUT2D eigenvalue weighted by Gasteiger charge is 2.01. The molecule has 130 valence electrons. The van der Waals surface area contributed by atoms with E-state index in [9.17, 15) is 9.70 Å². The van der Waals surface area contributed by atoms with E-state index >= 15 is 0 Å². The number of hydrogen-bond donors (Lipinski definition) is 1. The van der Waals surface area contributed by atoms with Crippen LogP contribution in [0.2, 0.25) is 0 Å². The zero-order valence-corrected chi connectivity index (χ0v) is 14.3. The van der Waals surface area contributed by atoms with Gasteiger partial charge in [-0.2, -0.15) is 0 Å². The number of carboxylic acid groups (broad SMARTS) is 1. The second kappa shape index (κ2) is 13.5. The van der Waals surface area contributed by atoms with E-state index in [-0.39, 0.29) is 0 Å². The number of carboxylic acids is 1. The molecule has 0 radical (unpaired) electrons. The molecule has 0 atom stereocenters. The smallest absolute Gasteiger partial charge is 0.335 e. The van der Waals surface area contributed by atoms with E-state index in [1.165, 1.54) is 25.7 Å². The maximum atomic E-state index is 10.5. The van der Waals surface area contributed by atoms with Gasteiger partial charge in [-0.3, -0.25) is 0 Å². The summed E-state index contributed by atoms with van der Waals surface area (Å²) in [5.41, 5.74) is 1.32. The van der Waals surface area contributed by atoms with E-state index in [0.717, 1.165) is 18.5 Å². The predicted molar refractivity (Wildman–Crippen MR) is 92.9 cm³/mol. The molecule has 1 aromatic carbocycles. The third kappa shape index (κ3) is 11.2. The number of benzene rings is 1. The standard InChI is InChI=1S/C9H11NO2.C8H17NO2/c1-10(2)8-5-3-7(4-6-8)9(11)12;1-2-3-4-5-6-7-8-11-9-10/h3-6H,1-2H3,(H,11,12);2-8H2,1H3. The van der Waals surface area contributed by atoms with Crippen molar-refractivity contribution in [1.29, 1.82) is 0 Å². The molecule has 1 rings (SSSR count). The van der Waals surface area contributed by atoms with Crippen LogP contribution in [0.5, 0.6) is 0 Å². The van der Waals surface area contributed by atoms with Crippen molar-refractivity contribution in [2.45, 2.75) is 45.4 Å². The number of nitrogens with zero attached hydrogens (tertiary/aromatic N) is 2. The molecule has 0 aliphatic heterocycles. The van der Waals surface area contributed by atoms with Gasteiger partial charge in [-0.05, 0) is 37.1 Å². The average Bonchev–Trinajstić information content (AvgIpc) is 2.55. The quantitative estimate of drug-likeness (QED) is 0.389. The maximum absolute atomic E-state index is 10.5. The van der Waals surface area contributed by atoms with Crippen molar-refractivity contribution in [1.82, 2.24) is 0 Å². The van der Waals surface area contributed by atoms with Crippen LogP contribution in [-0.2, 0) is 4.84 Å². The van der Waals surface area contributed by atoms with Gasteiger partial charge >= 0.3 is 5.97 Å². The molecule has 6 nitrogen and oxygen atoms in total. The van der Waals surface area contributed by atoms with Crippen LogP contribution in [0.4, 0.5) is 5.69 Å². The van der Waals surface area contributed by atoms with Crippen molar-refractivity contribution in [2.24, 2.45) is 5.34 Å². The van der Waals surface area contributed by atoms with E-state index in [4.69, 9.17) is 5.11 Å². The molecular weight excluding hydrogens is 296 g/mol. The van der Waals surface area contributed by atoms with Crippen LogP contribution in [0.1, 0.15) is 55.8 Å². The van der Waals surface area contributed by atoms with Crippen LogP contribution >= 0.6 is 0 Å². The first kappa shape index (κ1) is 20.9. The van der Waals surface area contributed by atoms with Crippen LogP contribution < -0.4 is 4.90 Å². The van der Waals surface area contributed by atoms with Crippen LogP contribution in [0.3, 0.4) is 0 Å². The summed E-state index contributed by atoms with van der Waals surface area (Å²) in [7, 11) is 3.82. The van der Waals surface area contributed by atoms with Gasteiger partial charge in [-0.1, -0.05) is 32.6 Å². The minimum atomic E-state index is -0.889. The van der Waals surface area contributed by atoms with Crippen molar-refractivity contribution in [3.05, 3.63) is 34.7 Å². The molecule has 1 aromatic rings. The van der Waals surface area contributed by atoms with Crippen LogP contribution in [0, 0.1) is 4.91 Å². The van der Waals surface area contributed by atoms with Gasteiger partial charge in [0.05, 0.1) is 5.56 Å². The lowest BCUT2D eigenvalue weighted by molar-refractivity contribution is 0.0697. The molecule has 1 N–H and O–H groups in total. The number of hydrogen-bond acceptors (Lipinski definition) is 5. The summed E-state index contributed by atoms with van der Waals surface area (Å²) in [6.45, 7) is 2.68. The second-order valence-electron chi connectivity index (χ2n) is 5.42. The highest BCUT2D eigenvalue weighted by molar-refractivity contribution is 5.88. The molecule has 6 heteroatoms. The molecule has 0 aromatic heterocycles. The zero-order chi connectivity index (χ0) is 17.5. The van der Waals surface area contributed by atoms with Gasteiger partial charge in [-0.15, -0.1) is 4.91 Å². The van der Waals surface area contributed by atoms with Gasteiger partial charge in [0.15, 0.2) is 5.34 Å². The first-order valence-electron chi connectivity index (χ1n) is 7.98. The number of carbonyl (C=O) groups is 1. The van der Waals surface area contributed by atoms with Gasteiger partial charge in [-0.25, -0.2) is 4.79 Å². The van der Waals surface area contributed by atoms with Crippen molar-refractivity contribution in [3.63, 3.8) is 0 Å². The van der Waals surface area contributed by atoms with Crippen molar-refractivity contribution in [2.75, 3.05) is 25.6 Å². The Bertz CT molecular complexity index is 433. The number of rotatable bonds is 10. The van der Waals surface area contributed by atoms with Crippen molar-refractivity contribution in [3.8, 4) is 0 Å². The molecule has 0 heterocycles. The van der Waals surface area contributed by atoms with Gasteiger partial charge in [0.25, 0.3) is 0 Å². The van der Waals surface area contributed by atoms with Gasteiger partial charge in [0, 0.05) is 19.8 Å². The lowest BCUT2D eigenvalue weighted by Crippen LogP contribution is -2.08. The first-order chi connectivity index (χ1) is 11.0. The second-order valence-corrected chi connectivity index (χ2v) is 5.42. The van der Waals surface area contributed by atoms with E-state index in [1.807, 2.05) is 19.0 Å². The van der Waals surface area contributed by atoms with Crippen LogP contribution in [0.25, 0.3) is 0 Å². The first-order valence-corrected chi connectivity index (χ1v) is 7.98. The van der Waals surface area contributed by atoms with Gasteiger partial charge < -0.3 is 14.8 Å². The number of anilines is 1. The van der Waals surface area contributed by atoms with Gasteiger partial charge in [0.2, 0.25) is 0 Å². The third-order valence-electron chi connectivity index (χ3n) is 3.27. The average molecular weight is 324 g/mol.